The average Bonchev–Trinajstić information content (AvgIpc) is 2.76. The van der Waals surface area contributed by atoms with Crippen molar-refractivity contribution in [2.75, 3.05) is 33.3 Å². The minimum atomic E-state index is 0.767. The third kappa shape index (κ3) is 4.79. The number of benzene rings is 2. The van der Waals surface area contributed by atoms with Crippen LogP contribution in [0.25, 0.3) is 0 Å². The maximum Gasteiger partial charge on any atom is 0.124 e. The van der Waals surface area contributed by atoms with E-state index in [1.54, 1.807) is 7.11 Å². The highest BCUT2D eigenvalue weighted by atomic mass is 79.9. The van der Waals surface area contributed by atoms with E-state index in [1.165, 1.54) is 49.9 Å². The standard InChI is InChI=1S/C24H31BrN2O/c1-28-24-17-22(25)10-7-21(24)18-26-13-15-27(16-14-26)23-11-8-20(9-12-23)19-5-3-2-4-6-19/h2-7,10,17,20,23H,8-9,11-16,18H2,1H3. The van der Waals surface area contributed by atoms with Crippen LogP contribution in [-0.2, 0) is 6.54 Å². The zero-order valence-corrected chi connectivity index (χ0v) is 18.4. The van der Waals surface area contributed by atoms with Crippen molar-refractivity contribution in [1.29, 1.82) is 0 Å². The highest BCUT2D eigenvalue weighted by molar-refractivity contribution is 9.10. The second-order valence-electron chi connectivity index (χ2n) is 8.18. The normalized spacial score (nSPS) is 24.2. The summed E-state index contributed by atoms with van der Waals surface area (Å²) in [5, 5.41) is 0. The zero-order chi connectivity index (χ0) is 19.3. The lowest BCUT2D eigenvalue weighted by Gasteiger charge is -2.42. The highest BCUT2D eigenvalue weighted by Crippen LogP contribution is 2.35. The minimum absolute atomic E-state index is 0.767. The molecule has 4 heteroatoms. The highest BCUT2D eigenvalue weighted by Gasteiger charge is 2.29. The van der Waals surface area contributed by atoms with E-state index in [0.717, 1.165) is 41.8 Å². The van der Waals surface area contributed by atoms with Crippen molar-refractivity contribution in [3.63, 3.8) is 0 Å². The number of hydrogen-bond donors (Lipinski definition) is 0. The molecule has 0 bridgehead atoms. The van der Waals surface area contributed by atoms with Crippen LogP contribution >= 0.6 is 15.9 Å². The second kappa shape index (κ2) is 9.43. The van der Waals surface area contributed by atoms with Gasteiger partial charge in [-0.2, -0.15) is 0 Å². The predicted molar refractivity (Wildman–Crippen MR) is 119 cm³/mol. The van der Waals surface area contributed by atoms with E-state index >= 15 is 0 Å². The molecule has 1 heterocycles. The Bertz CT molecular complexity index is 750. The zero-order valence-electron chi connectivity index (χ0n) is 16.8. The van der Waals surface area contributed by atoms with Crippen LogP contribution in [0, 0.1) is 0 Å². The van der Waals surface area contributed by atoms with Crippen LogP contribution in [0.2, 0.25) is 0 Å². The fraction of sp³-hybridized carbons (Fsp3) is 0.500. The Hall–Kier alpha value is -1.36. The largest absolute Gasteiger partial charge is 0.496 e. The van der Waals surface area contributed by atoms with Crippen molar-refractivity contribution in [3.05, 3.63) is 64.1 Å². The number of piperazine rings is 1. The Kier molecular flexibility index (Phi) is 6.71. The van der Waals surface area contributed by atoms with E-state index in [9.17, 15) is 0 Å². The van der Waals surface area contributed by atoms with Crippen LogP contribution < -0.4 is 4.74 Å². The summed E-state index contributed by atoms with van der Waals surface area (Å²) in [6, 6.07) is 18.2. The lowest BCUT2D eigenvalue weighted by Crippen LogP contribution is -2.50. The Morgan fingerprint density at radius 1 is 0.929 bits per heavy atom. The van der Waals surface area contributed by atoms with Crippen molar-refractivity contribution >= 4 is 15.9 Å². The van der Waals surface area contributed by atoms with Gasteiger partial charge in [0.2, 0.25) is 0 Å². The van der Waals surface area contributed by atoms with Gasteiger partial charge in [-0.1, -0.05) is 52.3 Å². The molecule has 0 spiro atoms. The molecule has 4 rings (SSSR count). The van der Waals surface area contributed by atoms with Crippen LogP contribution in [0.4, 0.5) is 0 Å². The quantitative estimate of drug-likeness (QED) is 0.624. The fourth-order valence-electron chi connectivity index (χ4n) is 4.88. The van der Waals surface area contributed by atoms with Crippen LogP contribution in [0.5, 0.6) is 5.75 Å². The maximum absolute atomic E-state index is 5.56. The third-order valence-corrected chi connectivity index (χ3v) is 7.03. The summed E-state index contributed by atoms with van der Waals surface area (Å²) in [6.07, 6.45) is 5.37. The third-order valence-electron chi connectivity index (χ3n) is 6.53. The molecule has 2 aromatic carbocycles. The van der Waals surface area contributed by atoms with Crippen LogP contribution in [-0.4, -0.2) is 49.1 Å². The van der Waals surface area contributed by atoms with Gasteiger partial charge in [0.1, 0.15) is 5.75 Å². The molecule has 0 N–H and O–H groups in total. The molecule has 1 aliphatic carbocycles. The van der Waals surface area contributed by atoms with E-state index in [2.05, 4.69) is 74.3 Å². The SMILES string of the molecule is COc1cc(Br)ccc1CN1CCN(C2CCC(c3ccccc3)CC2)CC1. The molecule has 150 valence electrons. The van der Waals surface area contributed by atoms with Gasteiger partial charge in [-0.05, 0) is 49.3 Å². The van der Waals surface area contributed by atoms with Gasteiger partial charge in [-0.15, -0.1) is 0 Å². The van der Waals surface area contributed by atoms with E-state index in [0.29, 0.717) is 0 Å². The van der Waals surface area contributed by atoms with Gasteiger partial charge < -0.3 is 4.74 Å². The lowest BCUT2D eigenvalue weighted by molar-refractivity contribution is 0.0723. The molecular weight excluding hydrogens is 412 g/mol. The average molecular weight is 443 g/mol. The van der Waals surface area contributed by atoms with E-state index < -0.39 is 0 Å². The second-order valence-corrected chi connectivity index (χ2v) is 9.10. The summed E-state index contributed by atoms with van der Waals surface area (Å²) in [7, 11) is 1.76. The van der Waals surface area contributed by atoms with Crippen molar-refractivity contribution in [2.24, 2.45) is 0 Å². The first kappa shape index (κ1) is 19.9. The van der Waals surface area contributed by atoms with Gasteiger partial charge in [0.15, 0.2) is 0 Å². The van der Waals surface area contributed by atoms with Crippen molar-refractivity contribution < 1.29 is 4.74 Å². The van der Waals surface area contributed by atoms with Crippen LogP contribution in [0.3, 0.4) is 0 Å². The Morgan fingerprint density at radius 2 is 1.64 bits per heavy atom. The summed E-state index contributed by atoms with van der Waals surface area (Å²) >= 11 is 3.53. The molecule has 0 radical (unpaired) electrons. The molecule has 1 aliphatic heterocycles. The number of methoxy groups -OCH3 is 1. The Morgan fingerprint density at radius 3 is 2.32 bits per heavy atom. The summed E-state index contributed by atoms with van der Waals surface area (Å²) in [5.41, 5.74) is 2.82. The molecule has 28 heavy (non-hydrogen) atoms. The smallest absolute Gasteiger partial charge is 0.124 e. The monoisotopic (exact) mass is 442 g/mol. The van der Waals surface area contributed by atoms with Crippen molar-refractivity contribution in [3.8, 4) is 5.75 Å². The summed E-state index contributed by atoms with van der Waals surface area (Å²) in [4.78, 5) is 5.31. The predicted octanol–water partition coefficient (Wildman–Crippen LogP) is 5.30. The number of halogens is 1. The number of rotatable bonds is 5. The number of nitrogens with zero attached hydrogens (tertiary/aromatic N) is 2. The van der Waals surface area contributed by atoms with Gasteiger partial charge >= 0.3 is 0 Å². The van der Waals surface area contributed by atoms with Gasteiger partial charge in [0.25, 0.3) is 0 Å². The van der Waals surface area contributed by atoms with Gasteiger partial charge in [0.05, 0.1) is 7.11 Å². The fourth-order valence-corrected chi connectivity index (χ4v) is 5.22. The first-order valence-corrected chi connectivity index (χ1v) is 11.4. The summed E-state index contributed by atoms with van der Waals surface area (Å²) in [5.74, 6) is 1.75. The molecule has 1 saturated heterocycles. The van der Waals surface area contributed by atoms with Crippen molar-refractivity contribution in [2.45, 2.75) is 44.2 Å². The Labute approximate surface area is 177 Å². The molecule has 0 aromatic heterocycles. The molecule has 0 unspecified atom stereocenters. The molecule has 2 aromatic rings. The van der Waals surface area contributed by atoms with Crippen LogP contribution in [0.15, 0.2) is 53.0 Å². The topological polar surface area (TPSA) is 15.7 Å². The first-order valence-electron chi connectivity index (χ1n) is 10.6. The van der Waals surface area contributed by atoms with E-state index in [-0.39, 0.29) is 0 Å². The molecule has 0 atom stereocenters. The minimum Gasteiger partial charge on any atom is -0.496 e. The van der Waals surface area contributed by atoms with E-state index in [1.807, 2.05) is 0 Å². The molecule has 2 fully saturated rings. The molecular formula is C24H31BrN2O. The number of hydrogen-bond acceptors (Lipinski definition) is 3. The van der Waals surface area contributed by atoms with Crippen molar-refractivity contribution in [1.82, 2.24) is 9.80 Å². The molecule has 1 saturated carbocycles. The van der Waals surface area contributed by atoms with Crippen LogP contribution in [0.1, 0.15) is 42.7 Å². The maximum atomic E-state index is 5.56. The Balaban J connectivity index is 1.26. The molecule has 0 amide bonds. The molecule has 3 nitrogen and oxygen atoms in total. The first-order chi connectivity index (χ1) is 13.7. The van der Waals surface area contributed by atoms with Gasteiger partial charge in [-0.3, -0.25) is 9.80 Å². The van der Waals surface area contributed by atoms with Gasteiger partial charge in [0, 0.05) is 48.8 Å². The summed E-state index contributed by atoms with van der Waals surface area (Å²) < 4.78 is 6.64. The van der Waals surface area contributed by atoms with E-state index in [4.69, 9.17) is 4.74 Å². The summed E-state index contributed by atoms with van der Waals surface area (Å²) in [6.45, 7) is 5.67. The number of ether oxygens (including phenoxy) is 1. The van der Waals surface area contributed by atoms with Gasteiger partial charge in [-0.25, -0.2) is 0 Å². The molecule has 2 aliphatic rings. The lowest BCUT2D eigenvalue weighted by atomic mass is 9.81.